The van der Waals surface area contributed by atoms with Crippen LogP contribution in [0.2, 0.25) is 0 Å². The maximum atomic E-state index is 12.0. The van der Waals surface area contributed by atoms with Gasteiger partial charge in [-0.1, -0.05) is 15.9 Å². The molecular formula is C9H13BrN2O3S. The number of benzene rings is 1. The molecule has 0 aliphatic rings. The highest BCUT2D eigenvalue weighted by atomic mass is 79.9. The summed E-state index contributed by atoms with van der Waals surface area (Å²) in [6.45, 7) is -0.197. The van der Waals surface area contributed by atoms with Gasteiger partial charge in [-0.15, -0.1) is 0 Å². The third-order valence-corrected chi connectivity index (χ3v) is 4.48. The molecule has 1 rings (SSSR count). The summed E-state index contributed by atoms with van der Waals surface area (Å²) >= 11 is 3.19. The molecule has 1 aromatic carbocycles. The topological polar surface area (TPSA) is 83.6 Å². The summed E-state index contributed by atoms with van der Waals surface area (Å²) in [4.78, 5) is 0.0397. The van der Waals surface area contributed by atoms with Gasteiger partial charge in [-0.3, -0.25) is 0 Å². The molecule has 0 radical (unpaired) electrons. The molecular weight excluding hydrogens is 296 g/mol. The number of nitrogens with two attached hydrogens (primary N) is 1. The van der Waals surface area contributed by atoms with E-state index in [0.29, 0.717) is 4.47 Å². The molecule has 90 valence electrons. The van der Waals surface area contributed by atoms with Crippen molar-refractivity contribution < 1.29 is 13.5 Å². The Hall–Kier alpha value is -0.630. The van der Waals surface area contributed by atoms with E-state index < -0.39 is 10.0 Å². The molecule has 3 N–H and O–H groups in total. The van der Waals surface area contributed by atoms with Crippen LogP contribution in [0.5, 0.6) is 0 Å². The molecule has 0 aliphatic heterocycles. The Morgan fingerprint density at radius 2 is 2.12 bits per heavy atom. The van der Waals surface area contributed by atoms with Gasteiger partial charge in [0, 0.05) is 18.1 Å². The summed E-state index contributed by atoms with van der Waals surface area (Å²) in [5.41, 5.74) is 5.81. The van der Waals surface area contributed by atoms with E-state index in [9.17, 15) is 8.42 Å². The number of sulfonamides is 1. The van der Waals surface area contributed by atoms with Gasteiger partial charge in [0.05, 0.1) is 12.3 Å². The molecule has 0 bridgehead atoms. The normalized spacial score (nSPS) is 12.0. The number of hydrogen-bond donors (Lipinski definition) is 2. The Balaban J connectivity index is 3.21. The maximum Gasteiger partial charge on any atom is 0.244 e. The molecule has 7 heteroatoms. The van der Waals surface area contributed by atoms with Gasteiger partial charge in [0.25, 0.3) is 0 Å². The molecule has 0 saturated heterocycles. The molecule has 5 nitrogen and oxygen atoms in total. The van der Waals surface area contributed by atoms with Crippen LogP contribution in [0, 0.1) is 0 Å². The third-order valence-electron chi connectivity index (χ3n) is 2.08. The monoisotopic (exact) mass is 308 g/mol. The van der Waals surface area contributed by atoms with E-state index in [0.717, 1.165) is 4.31 Å². The van der Waals surface area contributed by atoms with Crippen molar-refractivity contribution in [3.8, 4) is 0 Å². The fourth-order valence-corrected chi connectivity index (χ4v) is 2.97. The smallest absolute Gasteiger partial charge is 0.244 e. The Bertz CT molecular complexity index is 476. The largest absolute Gasteiger partial charge is 0.398 e. The standard InChI is InChI=1S/C9H13BrN2O3S/c1-12(4-5-13)16(14,15)9-6-7(10)2-3-8(9)11/h2-3,6,13H,4-5,11H2,1H3. The van der Waals surface area contributed by atoms with Gasteiger partial charge in [0.1, 0.15) is 4.90 Å². The lowest BCUT2D eigenvalue weighted by atomic mass is 10.3. The lowest BCUT2D eigenvalue weighted by molar-refractivity contribution is 0.266. The number of hydrogen-bond acceptors (Lipinski definition) is 4. The predicted molar refractivity (Wildman–Crippen MR) is 65.5 cm³/mol. The lowest BCUT2D eigenvalue weighted by Gasteiger charge is -2.17. The highest BCUT2D eigenvalue weighted by molar-refractivity contribution is 9.10. The van der Waals surface area contributed by atoms with E-state index in [1.54, 1.807) is 6.07 Å². The SMILES string of the molecule is CN(CCO)S(=O)(=O)c1cc(Br)ccc1N. The van der Waals surface area contributed by atoms with Crippen LogP contribution < -0.4 is 5.73 Å². The first-order chi connectivity index (χ1) is 7.39. The van der Waals surface area contributed by atoms with Crippen molar-refractivity contribution >= 4 is 31.6 Å². The van der Waals surface area contributed by atoms with Crippen molar-refractivity contribution in [2.24, 2.45) is 0 Å². The summed E-state index contributed by atoms with van der Waals surface area (Å²) < 4.78 is 25.7. The van der Waals surface area contributed by atoms with E-state index in [1.165, 1.54) is 19.2 Å². The molecule has 0 aliphatic carbocycles. The first kappa shape index (κ1) is 13.4. The van der Waals surface area contributed by atoms with Gasteiger partial charge in [-0.05, 0) is 18.2 Å². The quantitative estimate of drug-likeness (QED) is 0.800. The zero-order valence-corrected chi connectivity index (χ0v) is 11.1. The lowest BCUT2D eigenvalue weighted by Crippen LogP contribution is -2.30. The first-order valence-electron chi connectivity index (χ1n) is 4.52. The van der Waals surface area contributed by atoms with Crippen LogP contribution in [0.1, 0.15) is 0 Å². The van der Waals surface area contributed by atoms with Crippen LogP contribution in [-0.4, -0.2) is 38.0 Å². The van der Waals surface area contributed by atoms with Crippen LogP contribution >= 0.6 is 15.9 Å². The minimum absolute atomic E-state index is 0.0360. The summed E-state index contributed by atoms with van der Waals surface area (Å²) in [5.74, 6) is 0. The molecule has 0 heterocycles. The van der Waals surface area contributed by atoms with Crippen LogP contribution in [0.3, 0.4) is 0 Å². The number of aliphatic hydroxyl groups is 1. The number of nitrogen functional groups attached to an aromatic ring is 1. The Morgan fingerprint density at radius 1 is 1.50 bits per heavy atom. The van der Waals surface area contributed by atoms with Crippen LogP contribution in [0.15, 0.2) is 27.6 Å². The van der Waals surface area contributed by atoms with Gasteiger partial charge in [-0.2, -0.15) is 4.31 Å². The van der Waals surface area contributed by atoms with Crippen LogP contribution in [-0.2, 0) is 10.0 Å². The van der Waals surface area contributed by atoms with Gasteiger partial charge < -0.3 is 10.8 Å². The van der Waals surface area contributed by atoms with Crippen molar-refractivity contribution in [2.75, 3.05) is 25.9 Å². The summed E-state index contributed by atoms with van der Waals surface area (Å²) in [6.07, 6.45) is 0. The molecule has 16 heavy (non-hydrogen) atoms. The zero-order chi connectivity index (χ0) is 12.3. The fraction of sp³-hybridized carbons (Fsp3) is 0.333. The second-order valence-electron chi connectivity index (χ2n) is 3.23. The van der Waals surface area contributed by atoms with Gasteiger partial charge >= 0.3 is 0 Å². The predicted octanol–water partition coefficient (Wildman–Crippen LogP) is 0.644. The Morgan fingerprint density at radius 3 is 2.69 bits per heavy atom. The molecule has 0 atom stereocenters. The number of rotatable bonds is 4. The third kappa shape index (κ3) is 2.73. The van der Waals surface area contributed by atoms with Gasteiger partial charge in [0.2, 0.25) is 10.0 Å². The summed E-state index contributed by atoms with van der Waals surface area (Å²) in [5, 5.41) is 8.72. The molecule has 0 aromatic heterocycles. The molecule has 0 fully saturated rings. The number of anilines is 1. The zero-order valence-electron chi connectivity index (χ0n) is 8.72. The van der Waals surface area contributed by atoms with E-state index in [1.807, 2.05) is 0 Å². The minimum atomic E-state index is -3.64. The van der Waals surface area contributed by atoms with Crippen molar-refractivity contribution in [3.63, 3.8) is 0 Å². The number of nitrogens with zero attached hydrogens (tertiary/aromatic N) is 1. The molecule has 0 unspecified atom stereocenters. The fourth-order valence-electron chi connectivity index (χ4n) is 1.16. The number of aliphatic hydroxyl groups excluding tert-OH is 1. The Labute approximate surface area is 103 Å². The molecule has 0 saturated carbocycles. The van der Waals surface area contributed by atoms with E-state index in [2.05, 4.69) is 15.9 Å². The average molecular weight is 309 g/mol. The summed E-state index contributed by atoms with van der Waals surface area (Å²) in [6, 6.07) is 4.63. The van der Waals surface area contributed by atoms with Crippen LogP contribution in [0.4, 0.5) is 5.69 Å². The van der Waals surface area contributed by atoms with Gasteiger partial charge in [-0.25, -0.2) is 8.42 Å². The number of halogens is 1. The highest BCUT2D eigenvalue weighted by Gasteiger charge is 2.22. The second-order valence-corrected chi connectivity index (χ2v) is 6.16. The molecule has 0 spiro atoms. The Kier molecular flexibility index (Phi) is 4.31. The van der Waals surface area contributed by atoms with Crippen molar-refractivity contribution in [1.29, 1.82) is 0 Å². The average Bonchev–Trinajstić information content (AvgIpc) is 2.22. The van der Waals surface area contributed by atoms with E-state index in [-0.39, 0.29) is 23.7 Å². The van der Waals surface area contributed by atoms with Crippen LogP contribution in [0.25, 0.3) is 0 Å². The highest BCUT2D eigenvalue weighted by Crippen LogP contribution is 2.25. The second kappa shape index (κ2) is 5.13. The number of likely N-dealkylation sites (N-methyl/N-ethyl adjacent to an activating group) is 1. The minimum Gasteiger partial charge on any atom is -0.398 e. The van der Waals surface area contributed by atoms with Crippen molar-refractivity contribution in [2.45, 2.75) is 4.90 Å². The van der Waals surface area contributed by atoms with E-state index >= 15 is 0 Å². The molecule has 0 amide bonds. The van der Waals surface area contributed by atoms with Crippen molar-refractivity contribution in [1.82, 2.24) is 4.31 Å². The first-order valence-corrected chi connectivity index (χ1v) is 6.75. The van der Waals surface area contributed by atoms with Gasteiger partial charge in [0.15, 0.2) is 0 Å². The maximum absolute atomic E-state index is 12.0. The molecule has 1 aromatic rings. The van der Waals surface area contributed by atoms with Crippen molar-refractivity contribution in [3.05, 3.63) is 22.7 Å². The van der Waals surface area contributed by atoms with E-state index in [4.69, 9.17) is 10.8 Å². The summed E-state index contributed by atoms with van der Waals surface area (Å²) in [7, 11) is -2.24.